The van der Waals surface area contributed by atoms with Gasteiger partial charge in [0.2, 0.25) is 5.91 Å². The van der Waals surface area contributed by atoms with Crippen molar-refractivity contribution in [2.45, 2.75) is 32.9 Å². The number of hydrogen-bond donors (Lipinski definition) is 3. The standard InChI is InChI=1S/C23H29N5O8/c1-23(2,3)36-22(34)24-10-12-27(14-19(30)31)18(29)13-28-11-9-17(26-21(28)33)25-20(32)15-5-7-16(35-4)8-6-15/h5-9,11H,10,12-14H2,1-4H3,(H,24,34)(H,30,31)(H,25,26,32,33). The Bertz CT molecular complexity index is 1150. The summed E-state index contributed by atoms with van der Waals surface area (Å²) in [5.74, 6) is -1.88. The Kier molecular flexibility index (Phi) is 9.53. The fourth-order valence-electron chi connectivity index (χ4n) is 2.86. The second-order valence-corrected chi connectivity index (χ2v) is 8.54. The van der Waals surface area contributed by atoms with Gasteiger partial charge < -0.3 is 30.1 Å². The molecule has 0 saturated heterocycles. The molecular formula is C23H29N5O8. The van der Waals surface area contributed by atoms with Crippen LogP contribution in [0.5, 0.6) is 5.75 Å². The van der Waals surface area contributed by atoms with Gasteiger partial charge in [0.1, 0.15) is 30.3 Å². The molecular weight excluding hydrogens is 474 g/mol. The van der Waals surface area contributed by atoms with Crippen LogP contribution in [0.4, 0.5) is 10.6 Å². The first-order chi connectivity index (χ1) is 16.9. The third-order valence-electron chi connectivity index (χ3n) is 4.50. The maximum atomic E-state index is 12.7. The molecule has 1 heterocycles. The van der Waals surface area contributed by atoms with E-state index in [-0.39, 0.29) is 18.9 Å². The lowest BCUT2D eigenvalue weighted by molar-refractivity contribution is -0.144. The summed E-state index contributed by atoms with van der Waals surface area (Å²) >= 11 is 0. The molecule has 2 rings (SSSR count). The summed E-state index contributed by atoms with van der Waals surface area (Å²) < 4.78 is 11.1. The molecule has 13 nitrogen and oxygen atoms in total. The molecule has 0 aliphatic rings. The Balaban J connectivity index is 2.00. The SMILES string of the molecule is COc1ccc(C(=O)Nc2ccn(CC(=O)N(CCNC(=O)OC(C)(C)C)CC(=O)O)c(=O)n2)cc1. The molecule has 1 aromatic carbocycles. The minimum atomic E-state index is -1.26. The van der Waals surface area contributed by atoms with Crippen LogP contribution in [0.25, 0.3) is 0 Å². The highest BCUT2D eigenvalue weighted by Crippen LogP contribution is 2.12. The zero-order valence-corrected chi connectivity index (χ0v) is 20.4. The van der Waals surface area contributed by atoms with E-state index in [4.69, 9.17) is 14.6 Å². The lowest BCUT2D eigenvalue weighted by atomic mass is 10.2. The number of rotatable bonds is 10. The van der Waals surface area contributed by atoms with Crippen LogP contribution in [-0.2, 0) is 20.9 Å². The molecule has 3 amide bonds. The van der Waals surface area contributed by atoms with Crippen molar-refractivity contribution in [1.82, 2.24) is 19.8 Å². The number of alkyl carbamates (subject to hydrolysis) is 1. The van der Waals surface area contributed by atoms with E-state index in [9.17, 15) is 24.0 Å². The Morgan fingerprint density at radius 2 is 1.78 bits per heavy atom. The van der Waals surface area contributed by atoms with Crippen molar-refractivity contribution in [1.29, 1.82) is 0 Å². The zero-order chi connectivity index (χ0) is 26.9. The van der Waals surface area contributed by atoms with Gasteiger partial charge in [0.15, 0.2) is 0 Å². The Hall–Kier alpha value is -4.42. The number of benzene rings is 1. The topological polar surface area (TPSA) is 169 Å². The van der Waals surface area contributed by atoms with Crippen LogP contribution in [0.15, 0.2) is 41.3 Å². The number of aliphatic carboxylic acids is 1. The molecule has 0 aliphatic carbocycles. The summed E-state index contributed by atoms with van der Waals surface area (Å²) in [4.78, 5) is 65.1. The predicted molar refractivity (Wildman–Crippen MR) is 128 cm³/mol. The third-order valence-corrected chi connectivity index (χ3v) is 4.50. The van der Waals surface area contributed by atoms with Crippen LogP contribution in [0.1, 0.15) is 31.1 Å². The van der Waals surface area contributed by atoms with Crippen LogP contribution >= 0.6 is 0 Å². The molecule has 3 N–H and O–H groups in total. The summed E-state index contributed by atoms with van der Waals surface area (Å²) in [5.41, 5.74) is -1.21. The largest absolute Gasteiger partial charge is 0.497 e. The van der Waals surface area contributed by atoms with Gasteiger partial charge in [-0.1, -0.05) is 0 Å². The second-order valence-electron chi connectivity index (χ2n) is 8.54. The number of carbonyl (C=O) groups is 4. The zero-order valence-electron chi connectivity index (χ0n) is 20.4. The molecule has 13 heteroatoms. The van der Waals surface area contributed by atoms with Crippen LogP contribution in [0.3, 0.4) is 0 Å². The van der Waals surface area contributed by atoms with E-state index in [1.807, 2.05) is 0 Å². The van der Waals surface area contributed by atoms with Gasteiger partial charge in [0, 0.05) is 24.8 Å². The van der Waals surface area contributed by atoms with Crippen molar-refractivity contribution >= 4 is 29.7 Å². The molecule has 0 fully saturated rings. The van der Waals surface area contributed by atoms with Crippen molar-refractivity contribution in [2.24, 2.45) is 0 Å². The Morgan fingerprint density at radius 1 is 1.11 bits per heavy atom. The molecule has 36 heavy (non-hydrogen) atoms. The summed E-state index contributed by atoms with van der Waals surface area (Å²) in [7, 11) is 1.50. The van der Waals surface area contributed by atoms with Crippen LogP contribution in [0, 0.1) is 0 Å². The highest BCUT2D eigenvalue weighted by atomic mass is 16.6. The van der Waals surface area contributed by atoms with E-state index in [0.29, 0.717) is 11.3 Å². The van der Waals surface area contributed by atoms with Crippen molar-refractivity contribution in [3.8, 4) is 5.75 Å². The first-order valence-electron chi connectivity index (χ1n) is 10.9. The number of ether oxygens (including phenoxy) is 2. The van der Waals surface area contributed by atoms with E-state index in [1.54, 1.807) is 45.0 Å². The third kappa shape index (κ3) is 9.08. The van der Waals surface area contributed by atoms with Gasteiger partial charge in [-0.2, -0.15) is 4.98 Å². The molecule has 0 atom stereocenters. The number of aromatic nitrogens is 2. The van der Waals surface area contributed by atoms with E-state index in [0.717, 1.165) is 9.47 Å². The average molecular weight is 504 g/mol. The minimum Gasteiger partial charge on any atom is -0.497 e. The van der Waals surface area contributed by atoms with Crippen molar-refractivity contribution in [3.05, 3.63) is 52.6 Å². The van der Waals surface area contributed by atoms with E-state index < -0.39 is 48.3 Å². The summed E-state index contributed by atoms with van der Waals surface area (Å²) in [5, 5.41) is 14.1. The summed E-state index contributed by atoms with van der Waals surface area (Å²) in [6.45, 7) is 3.77. The number of methoxy groups -OCH3 is 1. The van der Waals surface area contributed by atoms with Gasteiger partial charge >= 0.3 is 17.8 Å². The van der Waals surface area contributed by atoms with Gasteiger partial charge in [0.25, 0.3) is 5.91 Å². The number of carbonyl (C=O) groups excluding carboxylic acids is 3. The highest BCUT2D eigenvalue weighted by Gasteiger charge is 2.20. The first kappa shape index (κ1) is 27.8. The Morgan fingerprint density at radius 3 is 2.33 bits per heavy atom. The van der Waals surface area contributed by atoms with Gasteiger partial charge in [-0.15, -0.1) is 0 Å². The molecule has 0 saturated carbocycles. The molecule has 0 spiro atoms. The normalized spacial score (nSPS) is 10.8. The molecule has 194 valence electrons. The first-order valence-corrected chi connectivity index (χ1v) is 10.9. The number of carboxylic acid groups (broad SMARTS) is 1. The second kappa shape index (κ2) is 12.3. The smallest absolute Gasteiger partial charge is 0.407 e. The van der Waals surface area contributed by atoms with E-state index >= 15 is 0 Å². The lowest BCUT2D eigenvalue weighted by Crippen LogP contribution is -2.44. The number of anilines is 1. The maximum absolute atomic E-state index is 12.7. The Labute approximate surface area is 207 Å². The van der Waals surface area contributed by atoms with Gasteiger partial charge in [-0.25, -0.2) is 9.59 Å². The monoisotopic (exact) mass is 503 g/mol. The van der Waals surface area contributed by atoms with Gasteiger partial charge in [-0.3, -0.25) is 19.0 Å². The number of amides is 3. The van der Waals surface area contributed by atoms with Crippen molar-refractivity contribution in [2.75, 3.05) is 32.1 Å². The number of carboxylic acids is 1. The van der Waals surface area contributed by atoms with Crippen molar-refractivity contribution in [3.63, 3.8) is 0 Å². The summed E-state index contributed by atoms with van der Waals surface area (Å²) in [6.07, 6.45) is 0.548. The number of nitrogens with zero attached hydrogens (tertiary/aromatic N) is 3. The van der Waals surface area contributed by atoms with E-state index in [2.05, 4.69) is 15.6 Å². The molecule has 0 unspecified atom stereocenters. The lowest BCUT2D eigenvalue weighted by Gasteiger charge is -2.23. The quantitative estimate of drug-likeness (QED) is 0.427. The van der Waals surface area contributed by atoms with Crippen LogP contribution < -0.4 is 21.1 Å². The predicted octanol–water partition coefficient (Wildman–Crippen LogP) is 0.942. The highest BCUT2D eigenvalue weighted by molar-refractivity contribution is 6.03. The molecule has 0 bridgehead atoms. The number of hydrogen-bond acceptors (Lipinski definition) is 8. The van der Waals surface area contributed by atoms with Gasteiger partial charge in [0.05, 0.1) is 7.11 Å². The minimum absolute atomic E-state index is 0.0199. The maximum Gasteiger partial charge on any atom is 0.407 e. The average Bonchev–Trinajstić information content (AvgIpc) is 2.78. The van der Waals surface area contributed by atoms with Crippen LogP contribution in [0.2, 0.25) is 0 Å². The number of nitrogens with one attached hydrogen (secondary N) is 2. The fourth-order valence-corrected chi connectivity index (χ4v) is 2.86. The molecule has 2 aromatic rings. The molecule has 0 aliphatic heterocycles. The van der Waals surface area contributed by atoms with Crippen molar-refractivity contribution < 1.29 is 33.8 Å². The van der Waals surface area contributed by atoms with Gasteiger partial charge in [-0.05, 0) is 51.1 Å². The summed E-state index contributed by atoms with van der Waals surface area (Å²) in [6, 6.07) is 7.64. The molecule has 0 radical (unpaired) electrons. The van der Waals surface area contributed by atoms with E-state index in [1.165, 1.54) is 19.4 Å². The molecule has 1 aromatic heterocycles. The fraction of sp³-hybridized carbons (Fsp3) is 0.391. The van der Waals surface area contributed by atoms with Crippen LogP contribution in [-0.4, -0.2) is 75.8 Å².